The summed E-state index contributed by atoms with van der Waals surface area (Å²) in [5.74, 6) is 1.46. The molecule has 0 bridgehead atoms. The molecule has 66 heavy (non-hydrogen) atoms. The predicted molar refractivity (Wildman–Crippen MR) is 274 cm³/mol. The third-order valence-electron chi connectivity index (χ3n) is 12.1. The van der Waals surface area contributed by atoms with Gasteiger partial charge in [0, 0.05) is 38.9 Å². The SMILES string of the molecule is c1ccc(C2=NC(c3ccc(-c4ccccc4)cc3)NC(c3cccc(-c4cccc(-c5c(-c6ccccc6)c(-c6ccccc6)nc(-c6ccccc6)c5-c5ccccc5)c4)c3)=N2)cc1. The smallest absolute Gasteiger partial charge is 0.159 e. The Balaban J connectivity index is 1.06. The highest BCUT2D eigenvalue weighted by atomic mass is 15.2. The van der Waals surface area contributed by atoms with E-state index in [-0.39, 0.29) is 6.17 Å². The summed E-state index contributed by atoms with van der Waals surface area (Å²) in [6.07, 6.45) is -0.332. The summed E-state index contributed by atoms with van der Waals surface area (Å²) in [4.78, 5) is 16.0. The summed E-state index contributed by atoms with van der Waals surface area (Å²) in [5, 5.41) is 3.71. The van der Waals surface area contributed by atoms with Crippen LogP contribution in [0.4, 0.5) is 0 Å². The first-order valence-electron chi connectivity index (χ1n) is 22.4. The molecule has 10 aromatic rings. The Bertz CT molecular complexity index is 3230. The van der Waals surface area contributed by atoms with E-state index in [1.165, 1.54) is 5.56 Å². The van der Waals surface area contributed by atoms with Gasteiger partial charge in [-0.25, -0.2) is 15.0 Å². The zero-order valence-electron chi connectivity index (χ0n) is 36.2. The van der Waals surface area contributed by atoms with Crippen molar-refractivity contribution in [2.75, 3.05) is 0 Å². The summed E-state index contributed by atoms with van der Waals surface area (Å²) >= 11 is 0. The Labute approximate surface area is 386 Å². The molecule has 1 N–H and O–H groups in total. The fourth-order valence-corrected chi connectivity index (χ4v) is 8.93. The quantitative estimate of drug-likeness (QED) is 0.149. The highest BCUT2D eigenvalue weighted by molar-refractivity contribution is 6.13. The van der Waals surface area contributed by atoms with Crippen molar-refractivity contribution in [2.45, 2.75) is 6.17 Å². The zero-order valence-corrected chi connectivity index (χ0v) is 36.2. The largest absolute Gasteiger partial charge is 0.344 e. The maximum Gasteiger partial charge on any atom is 0.159 e. The lowest BCUT2D eigenvalue weighted by atomic mass is 9.82. The second-order valence-electron chi connectivity index (χ2n) is 16.4. The molecule has 312 valence electrons. The topological polar surface area (TPSA) is 49.6 Å². The van der Waals surface area contributed by atoms with E-state index in [1.807, 2.05) is 24.3 Å². The molecule has 0 aliphatic carbocycles. The van der Waals surface area contributed by atoms with Gasteiger partial charge >= 0.3 is 0 Å². The molecular formula is C62H44N4. The molecule has 1 unspecified atom stereocenters. The lowest BCUT2D eigenvalue weighted by Gasteiger charge is -2.24. The minimum atomic E-state index is -0.332. The van der Waals surface area contributed by atoms with Gasteiger partial charge in [-0.1, -0.05) is 243 Å². The number of hydrogen-bond donors (Lipinski definition) is 1. The standard InChI is InChI=1S/C62H44N4/c1-7-21-43(22-8-1)44-37-39-50(40-38-44)61-64-60(49-31-17-6-18-32-49)65-62(66-61)54-36-20-34-52(42-54)51-33-19-35-53(41-51)55-56(45-23-9-2-10-24-45)58(47-27-13-4-14-28-47)63-59(48-29-15-5-16-30-48)57(55)46-25-11-3-12-26-46/h1-42,61H,(H,64,65,66). The Morgan fingerprint density at radius 2 is 0.667 bits per heavy atom. The van der Waals surface area contributed by atoms with Crippen LogP contribution < -0.4 is 5.32 Å². The van der Waals surface area contributed by atoms with E-state index >= 15 is 0 Å². The van der Waals surface area contributed by atoms with Crippen LogP contribution in [0, 0.1) is 0 Å². The van der Waals surface area contributed by atoms with Crippen molar-refractivity contribution in [3.8, 4) is 78.1 Å². The molecule has 0 spiro atoms. The van der Waals surface area contributed by atoms with Gasteiger partial charge in [0.1, 0.15) is 12.0 Å². The third kappa shape index (κ3) is 8.16. The molecular weight excluding hydrogens is 801 g/mol. The highest BCUT2D eigenvalue weighted by Crippen LogP contribution is 2.49. The number of nitrogens with one attached hydrogen (secondary N) is 1. The number of amidine groups is 2. The van der Waals surface area contributed by atoms with Crippen LogP contribution in [0.5, 0.6) is 0 Å². The van der Waals surface area contributed by atoms with Crippen molar-refractivity contribution in [2.24, 2.45) is 9.98 Å². The van der Waals surface area contributed by atoms with Crippen LogP contribution in [0.1, 0.15) is 22.9 Å². The second-order valence-corrected chi connectivity index (χ2v) is 16.4. The Morgan fingerprint density at radius 3 is 1.17 bits per heavy atom. The molecule has 1 aliphatic rings. The maximum atomic E-state index is 5.64. The van der Waals surface area contributed by atoms with Gasteiger partial charge in [-0.05, 0) is 56.6 Å². The molecule has 1 aliphatic heterocycles. The van der Waals surface area contributed by atoms with Crippen LogP contribution in [0.25, 0.3) is 78.1 Å². The van der Waals surface area contributed by atoms with Crippen molar-refractivity contribution in [1.82, 2.24) is 10.3 Å². The number of hydrogen-bond acceptors (Lipinski definition) is 4. The molecule has 9 aromatic carbocycles. The molecule has 11 rings (SSSR count). The molecule has 0 radical (unpaired) electrons. The van der Waals surface area contributed by atoms with Crippen LogP contribution in [-0.2, 0) is 0 Å². The van der Waals surface area contributed by atoms with Gasteiger partial charge in [-0.3, -0.25) is 0 Å². The van der Waals surface area contributed by atoms with Gasteiger partial charge in [0.2, 0.25) is 0 Å². The first-order valence-corrected chi connectivity index (χ1v) is 22.4. The van der Waals surface area contributed by atoms with E-state index in [0.717, 1.165) is 95.1 Å². The number of aliphatic imine (C=N–C) groups is 2. The number of aromatic nitrogens is 1. The van der Waals surface area contributed by atoms with Gasteiger partial charge in [-0.15, -0.1) is 0 Å². The van der Waals surface area contributed by atoms with Crippen molar-refractivity contribution in [3.05, 3.63) is 271 Å². The van der Waals surface area contributed by atoms with Crippen LogP contribution in [-0.4, -0.2) is 16.7 Å². The average Bonchev–Trinajstić information content (AvgIpc) is 3.41. The summed E-state index contributed by atoms with van der Waals surface area (Å²) in [6.45, 7) is 0. The fourth-order valence-electron chi connectivity index (χ4n) is 8.93. The summed E-state index contributed by atoms with van der Waals surface area (Å²) in [6, 6.07) is 89.6. The molecule has 0 fully saturated rings. The van der Waals surface area contributed by atoms with Gasteiger partial charge in [0.15, 0.2) is 5.84 Å². The number of nitrogens with zero attached hydrogens (tertiary/aromatic N) is 3. The van der Waals surface area contributed by atoms with Crippen LogP contribution in [0.2, 0.25) is 0 Å². The molecule has 1 atom stereocenters. The zero-order chi connectivity index (χ0) is 44.1. The first-order chi connectivity index (χ1) is 32.7. The molecule has 1 aromatic heterocycles. The van der Waals surface area contributed by atoms with E-state index in [0.29, 0.717) is 5.84 Å². The highest BCUT2D eigenvalue weighted by Gasteiger charge is 2.26. The summed E-state index contributed by atoms with van der Waals surface area (Å²) in [5.41, 5.74) is 18.1. The van der Waals surface area contributed by atoms with Crippen molar-refractivity contribution in [1.29, 1.82) is 0 Å². The lowest BCUT2D eigenvalue weighted by Crippen LogP contribution is -2.33. The van der Waals surface area contributed by atoms with Gasteiger partial charge < -0.3 is 5.32 Å². The van der Waals surface area contributed by atoms with Crippen molar-refractivity contribution in [3.63, 3.8) is 0 Å². The maximum absolute atomic E-state index is 5.64. The van der Waals surface area contributed by atoms with E-state index in [9.17, 15) is 0 Å². The Kier molecular flexibility index (Phi) is 11.0. The first kappa shape index (κ1) is 40.1. The lowest BCUT2D eigenvalue weighted by molar-refractivity contribution is 0.674. The number of rotatable bonds is 10. The minimum Gasteiger partial charge on any atom is -0.344 e. The van der Waals surface area contributed by atoms with Crippen molar-refractivity contribution < 1.29 is 0 Å². The second kappa shape index (κ2) is 18.2. The molecule has 0 amide bonds. The molecule has 0 saturated heterocycles. The Morgan fingerprint density at radius 1 is 0.288 bits per heavy atom. The summed E-state index contributed by atoms with van der Waals surface area (Å²) in [7, 11) is 0. The van der Waals surface area contributed by atoms with Crippen LogP contribution in [0.15, 0.2) is 265 Å². The molecule has 4 nitrogen and oxygen atoms in total. The fraction of sp³-hybridized carbons (Fsp3) is 0.0161. The third-order valence-corrected chi connectivity index (χ3v) is 12.1. The van der Waals surface area contributed by atoms with Crippen molar-refractivity contribution >= 4 is 11.7 Å². The monoisotopic (exact) mass is 844 g/mol. The van der Waals surface area contributed by atoms with E-state index in [4.69, 9.17) is 15.0 Å². The normalized spacial score (nSPS) is 13.3. The number of pyridine rings is 1. The molecule has 4 heteroatoms. The van der Waals surface area contributed by atoms with E-state index < -0.39 is 0 Å². The van der Waals surface area contributed by atoms with Crippen LogP contribution in [0.3, 0.4) is 0 Å². The molecule has 0 saturated carbocycles. The van der Waals surface area contributed by atoms with E-state index in [2.05, 4.69) is 236 Å². The number of benzene rings is 9. The van der Waals surface area contributed by atoms with Gasteiger partial charge in [0.25, 0.3) is 0 Å². The van der Waals surface area contributed by atoms with E-state index in [1.54, 1.807) is 0 Å². The van der Waals surface area contributed by atoms with Crippen LogP contribution >= 0.6 is 0 Å². The van der Waals surface area contributed by atoms with Gasteiger partial charge in [0.05, 0.1) is 11.4 Å². The molecule has 2 heterocycles. The predicted octanol–water partition coefficient (Wildman–Crippen LogP) is 15.2. The average molecular weight is 845 g/mol. The van der Waals surface area contributed by atoms with Gasteiger partial charge in [-0.2, -0.15) is 0 Å². The summed E-state index contributed by atoms with van der Waals surface area (Å²) < 4.78 is 0. The minimum absolute atomic E-state index is 0.332. The Hall–Kier alpha value is -8.73.